The second-order valence-corrected chi connectivity index (χ2v) is 8.20. The van der Waals surface area contributed by atoms with Gasteiger partial charge in [0.25, 0.3) is 5.91 Å². The number of aryl methyl sites for hydroxylation is 2. The first-order chi connectivity index (χ1) is 15.0. The number of carbonyl (C=O) groups is 2. The Morgan fingerprint density at radius 2 is 1.84 bits per heavy atom. The van der Waals surface area contributed by atoms with E-state index in [1.54, 1.807) is 6.26 Å². The highest BCUT2D eigenvalue weighted by Crippen LogP contribution is 2.26. The van der Waals surface area contributed by atoms with Gasteiger partial charge in [-0.1, -0.05) is 24.3 Å². The minimum atomic E-state index is -0.0787. The molecule has 6 nitrogen and oxygen atoms in total. The number of carbonyl (C=O) groups excluding carboxylic acids is 2. The van der Waals surface area contributed by atoms with Crippen LogP contribution in [-0.4, -0.2) is 31.0 Å². The standard InChI is InChI=1S/C25H28N2O4/c1-16-3-10-22-19(14-31-25(22)17(16)2)13-23(28)26-12-11-18-4-8-21(9-5-18)30-15-24(29)27-20-6-7-20/h3-5,8-10,14,20H,6-7,11-13,15H2,1-2H3,(H,26,28)(H,27,29). The third-order valence-electron chi connectivity index (χ3n) is 5.66. The van der Waals surface area contributed by atoms with Crippen LogP contribution in [0.2, 0.25) is 0 Å². The highest BCUT2D eigenvalue weighted by Gasteiger charge is 2.23. The Labute approximate surface area is 182 Å². The molecule has 0 aliphatic heterocycles. The van der Waals surface area contributed by atoms with Crippen LogP contribution in [0.15, 0.2) is 47.1 Å². The Bertz CT molecular complexity index is 1080. The first-order valence-corrected chi connectivity index (χ1v) is 10.7. The molecule has 0 spiro atoms. The molecule has 0 saturated heterocycles. The predicted molar refractivity (Wildman–Crippen MR) is 119 cm³/mol. The largest absolute Gasteiger partial charge is 0.484 e. The van der Waals surface area contributed by atoms with Gasteiger partial charge in [0.15, 0.2) is 6.61 Å². The maximum absolute atomic E-state index is 12.4. The van der Waals surface area contributed by atoms with E-state index in [1.807, 2.05) is 44.2 Å². The molecule has 1 saturated carbocycles. The molecule has 6 heteroatoms. The van der Waals surface area contributed by atoms with E-state index in [0.717, 1.165) is 46.9 Å². The van der Waals surface area contributed by atoms with Gasteiger partial charge in [0.05, 0.1) is 12.7 Å². The third kappa shape index (κ3) is 5.45. The van der Waals surface area contributed by atoms with Crippen molar-refractivity contribution in [1.29, 1.82) is 0 Å². The smallest absolute Gasteiger partial charge is 0.258 e. The molecule has 1 aromatic heterocycles. The van der Waals surface area contributed by atoms with Gasteiger partial charge in [-0.15, -0.1) is 0 Å². The van der Waals surface area contributed by atoms with Crippen LogP contribution in [0.3, 0.4) is 0 Å². The zero-order valence-corrected chi connectivity index (χ0v) is 18.0. The summed E-state index contributed by atoms with van der Waals surface area (Å²) < 4.78 is 11.2. The quantitative estimate of drug-likeness (QED) is 0.554. The molecule has 3 aromatic rings. The summed E-state index contributed by atoms with van der Waals surface area (Å²) >= 11 is 0. The number of nitrogens with one attached hydrogen (secondary N) is 2. The first-order valence-electron chi connectivity index (χ1n) is 10.7. The van der Waals surface area contributed by atoms with E-state index in [9.17, 15) is 9.59 Å². The molecule has 1 aliphatic rings. The van der Waals surface area contributed by atoms with Gasteiger partial charge in [0.2, 0.25) is 5.91 Å². The monoisotopic (exact) mass is 420 g/mol. The van der Waals surface area contributed by atoms with Crippen molar-refractivity contribution >= 4 is 22.8 Å². The number of benzene rings is 2. The molecule has 0 radical (unpaired) electrons. The van der Waals surface area contributed by atoms with Crippen LogP contribution >= 0.6 is 0 Å². The number of amides is 2. The highest BCUT2D eigenvalue weighted by molar-refractivity contribution is 5.89. The van der Waals surface area contributed by atoms with Crippen molar-refractivity contribution in [3.63, 3.8) is 0 Å². The van der Waals surface area contributed by atoms with Gasteiger partial charge in [-0.2, -0.15) is 0 Å². The van der Waals surface area contributed by atoms with Gasteiger partial charge < -0.3 is 19.8 Å². The molecule has 0 bridgehead atoms. The fourth-order valence-electron chi connectivity index (χ4n) is 3.51. The summed E-state index contributed by atoms with van der Waals surface area (Å²) in [4.78, 5) is 24.0. The van der Waals surface area contributed by atoms with Gasteiger partial charge in [0, 0.05) is 23.5 Å². The number of hydrogen-bond acceptors (Lipinski definition) is 4. The number of rotatable bonds is 9. The first kappa shape index (κ1) is 21.0. The Hall–Kier alpha value is -3.28. The summed E-state index contributed by atoms with van der Waals surface area (Å²) in [5, 5.41) is 6.87. The average molecular weight is 421 g/mol. The SMILES string of the molecule is Cc1ccc2c(CC(=O)NCCc3ccc(OCC(=O)NC4CC4)cc3)coc2c1C. The van der Waals surface area contributed by atoms with Crippen LogP contribution in [0.1, 0.15) is 35.1 Å². The van der Waals surface area contributed by atoms with Crippen LogP contribution in [-0.2, 0) is 22.4 Å². The molecular weight excluding hydrogens is 392 g/mol. The Morgan fingerprint density at radius 1 is 1.06 bits per heavy atom. The van der Waals surface area contributed by atoms with Gasteiger partial charge in [0.1, 0.15) is 11.3 Å². The van der Waals surface area contributed by atoms with Crippen LogP contribution in [0.25, 0.3) is 11.0 Å². The molecule has 1 fully saturated rings. The van der Waals surface area contributed by atoms with Crippen LogP contribution in [0.5, 0.6) is 5.75 Å². The van der Waals surface area contributed by atoms with Crippen molar-refractivity contribution in [2.45, 2.75) is 45.6 Å². The van der Waals surface area contributed by atoms with Gasteiger partial charge in [-0.25, -0.2) is 0 Å². The van der Waals surface area contributed by atoms with Crippen LogP contribution < -0.4 is 15.4 Å². The second kappa shape index (κ2) is 9.25. The summed E-state index contributed by atoms with van der Waals surface area (Å²) in [6, 6.07) is 12.0. The molecule has 31 heavy (non-hydrogen) atoms. The minimum Gasteiger partial charge on any atom is -0.484 e. The van der Waals surface area contributed by atoms with Crippen molar-refractivity contribution in [2.75, 3.05) is 13.2 Å². The van der Waals surface area contributed by atoms with Gasteiger partial charge in [-0.05, 0) is 61.9 Å². The van der Waals surface area contributed by atoms with Crippen LogP contribution in [0, 0.1) is 13.8 Å². The predicted octanol–water partition coefficient (Wildman–Crippen LogP) is 3.61. The van der Waals surface area contributed by atoms with E-state index in [1.165, 1.54) is 5.56 Å². The second-order valence-electron chi connectivity index (χ2n) is 8.20. The Kier molecular flexibility index (Phi) is 6.26. The van der Waals surface area contributed by atoms with Crippen molar-refractivity contribution in [1.82, 2.24) is 10.6 Å². The van der Waals surface area contributed by atoms with E-state index in [4.69, 9.17) is 9.15 Å². The molecule has 0 atom stereocenters. The van der Waals surface area contributed by atoms with E-state index < -0.39 is 0 Å². The maximum Gasteiger partial charge on any atom is 0.258 e. The molecule has 1 aliphatic carbocycles. The fraction of sp³-hybridized carbons (Fsp3) is 0.360. The highest BCUT2D eigenvalue weighted by atomic mass is 16.5. The zero-order chi connectivity index (χ0) is 21.8. The lowest BCUT2D eigenvalue weighted by atomic mass is 10.0. The van der Waals surface area contributed by atoms with E-state index in [-0.39, 0.29) is 18.4 Å². The zero-order valence-electron chi connectivity index (χ0n) is 18.0. The van der Waals surface area contributed by atoms with E-state index in [2.05, 4.69) is 16.7 Å². The number of furan rings is 1. The van der Waals surface area contributed by atoms with Crippen molar-refractivity contribution in [2.24, 2.45) is 0 Å². The van der Waals surface area contributed by atoms with Gasteiger partial charge >= 0.3 is 0 Å². The van der Waals surface area contributed by atoms with Crippen molar-refractivity contribution in [3.05, 3.63) is 64.9 Å². The lowest BCUT2D eigenvalue weighted by Gasteiger charge is -2.08. The summed E-state index contributed by atoms with van der Waals surface area (Å²) in [5.41, 5.74) is 5.14. The number of ether oxygens (including phenoxy) is 1. The molecule has 0 unspecified atom stereocenters. The minimum absolute atomic E-state index is 0.0254. The lowest BCUT2D eigenvalue weighted by molar-refractivity contribution is -0.123. The average Bonchev–Trinajstić information content (AvgIpc) is 3.48. The Balaban J connectivity index is 1.21. The lowest BCUT2D eigenvalue weighted by Crippen LogP contribution is -2.30. The molecular formula is C25H28N2O4. The molecule has 1 heterocycles. The summed E-state index contributed by atoms with van der Waals surface area (Å²) in [5.74, 6) is 0.559. The maximum atomic E-state index is 12.4. The third-order valence-corrected chi connectivity index (χ3v) is 5.66. The summed E-state index contributed by atoms with van der Waals surface area (Å²) in [6.45, 7) is 4.67. The van der Waals surface area contributed by atoms with Crippen LogP contribution in [0.4, 0.5) is 0 Å². The number of hydrogen-bond donors (Lipinski definition) is 2. The van der Waals surface area contributed by atoms with Crippen molar-refractivity contribution in [3.8, 4) is 5.75 Å². The molecule has 2 amide bonds. The topological polar surface area (TPSA) is 80.6 Å². The molecule has 4 rings (SSSR count). The van der Waals surface area contributed by atoms with E-state index >= 15 is 0 Å². The molecule has 2 aromatic carbocycles. The normalized spacial score (nSPS) is 13.2. The molecule has 162 valence electrons. The Morgan fingerprint density at radius 3 is 2.58 bits per heavy atom. The van der Waals surface area contributed by atoms with Gasteiger partial charge in [-0.3, -0.25) is 9.59 Å². The number of fused-ring (bicyclic) bond motifs is 1. The fourth-order valence-corrected chi connectivity index (χ4v) is 3.51. The summed E-state index contributed by atoms with van der Waals surface area (Å²) in [7, 11) is 0. The van der Waals surface area contributed by atoms with E-state index in [0.29, 0.717) is 24.8 Å². The summed E-state index contributed by atoms with van der Waals surface area (Å²) in [6.07, 6.45) is 4.83. The molecule has 2 N–H and O–H groups in total. The van der Waals surface area contributed by atoms with Crippen molar-refractivity contribution < 1.29 is 18.7 Å².